The standard InChI is InChI=1S/C20H12FN7O2S/c1-27-17-9(6-24-27)5-22-8-14(17)28-19(29)18-13(25-20(28)30)4-15(31-18)16-10-7-23-26-12(10)3-2-11(16)21/h2-8,18H,1H3,(H,23,26). The Kier molecular flexibility index (Phi) is 3.66. The molecule has 2 aliphatic heterocycles. The molecule has 2 aliphatic rings. The molecule has 4 aromatic rings. The molecule has 0 aliphatic carbocycles. The fraction of sp³-hybridized carbons (Fsp3) is 0.100. The van der Waals surface area contributed by atoms with Crippen molar-refractivity contribution < 1.29 is 14.0 Å². The van der Waals surface area contributed by atoms with Crippen molar-refractivity contribution in [3.63, 3.8) is 0 Å². The number of hydrogen-bond acceptors (Lipinski definition) is 6. The van der Waals surface area contributed by atoms with Crippen LogP contribution in [0.15, 0.2) is 48.0 Å². The maximum atomic E-state index is 14.7. The molecule has 1 aromatic carbocycles. The molecule has 0 fully saturated rings. The van der Waals surface area contributed by atoms with Gasteiger partial charge in [0.1, 0.15) is 11.1 Å². The lowest BCUT2D eigenvalue weighted by molar-refractivity contribution is -0.116. The minimum atomic E-state index is -0.766. The topological polar surface area (TPSA) is 109 Å². The van der Waals surface area contributed by atoms with Crippen molar-refractivity contribution in [1.82, 2.24) is 25.0 Å². The summed E-state index contributed by atoms with van der Waals surface area (Å²) in [5, 5.41) is 11.5. The molecule has 3 amide bonds. The number of fused-ring (bicyclic) bond motifs is 3. The Morgan fingerprint density at radius 2 is 2.03 bits per heavy atom. The van der Waals surface area contributed by atoms with Crippen LogP contribution < -0.4 is 4.90 Å². The molecule has 1 atom stereocenters. The number of nitrogens with zero attached hydrogens (tertiary/aromatic N) is 6. The van der Waals surface area contributed by atoms with Crippen molar-refractivity contribution in [2.75, 3.05) is 4.90 Å². The van der Waals surface area contributed by atoms with Gasteiger partial charge in [-0.2, -0.15) is 15.2 Å². The lowest BCUT2D eigenvalue weighted by Crippen LogP contribution is -2.47. The summed E-state index contributed by atoms with van der Waals surface area (Å²) < 4.78 is 16.3. The predicted octanol–water partition coefficient (Wildman–Crippen LogP) is 3.05. The van der Waals surface area contributed by atoms with Crippen molar-refractivity contribution in [3.8, 4) is 0 Å². The minimum absolute atomic E-state index is 0.302. The second-order valence-corrected chi connectivity index (χ2v) is 8.26. The number of urea groups is 1. The van der Waals surface area contributed by atoms with Crippen LogP contribution in [-0.4, -0.2) is 47.9 Å². The third-order valence-electron chi connectivity index (χ3n) is 5.33. The second kappa shape index (κ2) is 6.32. The molecule has 31 heavy (non-hydrogen) atoms. The van der Waals surface area contributed by atoms with E-state index in [0.717, 1.165) is 16.7 Å². The van der Waals surface area contributed by atoms with E-state index in [1.807, 2.05) is 0 Å². The molecular formula is C20H12FN7O2S. The van der Waals surface area contributed by atoms with Gasteiger partial charge < -0.3 is 0 Å². The van der Waals surface area contributed by atoms with E-state index in [1.165, 1.54) is 18.5 Å². The highest BCUT2D eigenvalue weighted by atomic mass is 32.2. The Morgan fingerprint density at radius 3 is 2.90 bits per heavy atom. The van der Waals surface area contributed by atoms with Gasteiger partial charge in [-0.15, -0.1) is 11.8 Å². The monoisotopic (exact) mass is 433 g/mol. The number of halogens is 1. The lowest BCUT2D eigenvalue weighted by atomic mass is 10.1. The van der Waals surface area contributed by atoms with Crippen molar-refractivity contribution in [3.05, 3.63) is 54.4 Å². The molecule has 0 spiro atoms. The molecule has 3 aromatic heterocycles. The first kappa shape index (κ1) is 18.0. The van der Waals surface area contributed by atoms with Gasteiger partial charge in [-0.3, -0.25) is 19.6 Å². The number of rotatable bonds is 2. The maximum absolute atomic E-state index is 14.7. The van der Waals surface area contributed by atoms with E-state index in [4.69, 9.17) is 0 Å². The van der Waals surface area contributed by atoms with Crippen LogP contribution in [0.3, 0.4) is 0 Å². The van der Waals surface area contributed by atoms with Gasteiger partial charge in [0.05, 0.1) is 41.0 Å². The predicted molar refractivity (Wildman–Crippen MR) is 114 cm³/mol. The zero-order valence-electron chi connectivity index (χ0n) is 15.9. The number of anilines is 1. The summed E-state index contributed by atoms with van der Waals surface area (Å²) in [5.41, 5.74) is 2.22. The van der Waals surface area contributed by atoms with Crippen LogP contribution in [0.1, 0.15) is 5.56 Å². The van der Waals surface area contributed by atoms with E-state index in [-0.39, 0.29) is 0 Å². The summed E-state index contributed by atoms with van der Waals surface area (Å²) in [6.45, 7) is 0. The Bertz CT molecular complexity index is 1500. The fourth-order valence-electron chi connectivity index (χ4n) is 3.94. The number of aliphatic imine (C=N–C) groups is 1. The van der Waals surface area contributed by atoms with Gasteiger partial charge in [0, 0.05) is 34.5 Å². The molecule has 1 N–H and O–H groups in total. The van der Waals surface area contributed by atoms with Crippen LogP contribution in [-0.2, 0) is 11.8 Å². The van der Waals surface area contributed by atoms with Gasteiger partial charge in [-0.05, 0) is 18.2 Å². The third kappa shape index (κ3) is 2.49. The first-order valence-electron chi connectivity index (χ1n) is 9.25. The Hall–Kier alpha value is -3.86. The summed E-state index contributed by atoms with van der Waals surface area (Å²) in [6.07, 6.45) is 7.79. The van der Waals surface area contributed by atoms with E-state index >= 15 is 0 Å². The quantitative estimate of drug-likeness (QED) is 0.520. The fourth-order valence-corrected chi connectivity index (χ4v) is 5.16. The van der Waals surface area contributed by atoms with Crippen molar-refractivity contribution in [2.45, 2.75) is 5.25 Å². The second-order valence-electron chi connectivity index (χ2n) is 7.12. The number of H-pyrrole nitrogens is 1. The summed E-state index contributed by atoms with van der Waals surface area (Å²) >= 11 is 1.16. The van der Waals surface area contributed by atoms with E-state index in [1.54, 1.807) is 36.3 Å². The minimum Gasteiger partial charge on any atom is -0.278 e. The van der Waals surface area contributed by atoms with Gasteiger partial charge in [-0.1, -0.05) is 0 Å². The highest BCUT2D eigenvalue weighted by Gasteiger charge is 2.43. The van der Waals surface area contributed by atoms with E-state index < -0.39 is 23.0 Å². The van der Waals surface area contributed by atoms with Gasteiger partial charge in [0.25, 0.3) is 5.91 Å². The molecule has 1 unspecified atom stereocenters. The number of aromatic amines is 1. The van der Waals surface area contributed by atoms with Gasteiger partial charge in [0.2, 0.25) is 0 Å². The van der Waals surface area contributed by atoms with Crippen LogP contribution in [0.5, 0.6) is 0 Å². The van der Waals surface area contributed by atoms with Crippen LogP contribution in [0, 0.1) is 5.82 Å². The zero-order valence-corrected chi connectivity index (χ0v) is 16.7. The third-order valence-corrected chi connectivity index (χ3v) is 6.59. The van der Waals surface area contributed by atoms with E-state index in [9.17, 15) is 14.0 Å². The molecule has 11 heteroatoms. The SMILES string of the molecule is Cn1ncc2cncc(N3C(=O)N=C4C=C(c5c(F)ccc6[nH]ncc56)SC4C3=O)c21. The van der Waals surface area contributed by atoms with Crippen LogP contribution in [0.4, 0.5) is 14.9 Å². The number of aromatic nitrogens is 5. The number of amides is 3. The summed E-state index contributed by atoms with van der Waals surface area (Å²) in [6, 6.07) is 2.23. The Morgan fingerprint density at radius 1 is 1.16 bits per heavy atom. The molecule has 0 saturated carbocycles. The zero-order chi connectivity index (χ0) is 21.3. The summed E-state index contributed by atoms with van der Waals surface area (Å²) in [4.78, 5) is 36.0. The molecule has 9 nitrogen and oxygen atoms in total. The Labute approximate surface area is 177 Å². The smallest absolute Gasteiger partial charge is 0.278 e. The molecule has 0 radical (unpaired) electrons. The average molecular weight is 433 g/mol. The number of allylic oxidation sites excluding steroid dienone is 1. The van der Waals surface area contributed by atoms with E-state index in [0.29, 0.717) is 43.7 Å². The average Bonchev–Trinajstić information content (AvgIpc) is 3.47. The molecular weight excluding hydrogens is 421 g/mol. The number of aryl methyl sites for hydroxylation is 1. The van der Waals surface area contributed by atoms with Gasteiger partial charge in [-0.25, -0.2) is 14.1 Å². The number of imide groups is 1. The van der Waals surface area contributed by atoms with Gasteiger partial charge in [0.15, 0.2) is 0 Å². The first-order chi connectivity index (χ1) is 15.0. The highest BCUT2D eigenvalue weighted by Crippen LogP contribution is 2.44. The normalized spacial score (nSPS) is 18.6. The number of carbonyl (C=O) groups excluding carboxylic acids is 2. The van der Waals surface area contributed by atoms with Crippen LogP contribution in [0.25, 0.3) is 26.7 Å². The largest absolute Gasteiger partial charge is 0.355 e. The van der Waals surface area contributed by atoms with Crippen molar-refractivity contribution in [2.24, 2.45) is 12.0 Å². The molecule has 152 valence electrons. The highest BCUT2D eigenvalue weighted by molar-refractivity contribution is 8.10. The maximum Gasteiger partial charge on any atom is 0.355 e. The van der Waals surface area contributed by atoms with Crippen molar-refractivity contribution >= 4 is 61.8 Å². The molecule has 5 heterocycles. The Balaban J connectivity index is 1.43. The first-order valence-corrected chi connectivity index (χ1v) is 10.1. The number of hydrogen-bond donors (Lipinski definition) is 1. The number of carbonyl (C=O) groups is 2. The lowest BCUT2D eigenvalue weighted by Gasteiger charge is -2.26. The van der Waals surface area contributed by atoms with Crippen molar-refractivity contribution in [1.29, 1.82) is 0 Å². The number of benzene rings is 1. The van der Waals surface area contributed by atoms with E-state index in [2.05, 4.69) is 25.3 Å². The number of thioether (sulfide) groups is 1. The number of pyridine rings is 1. The van der Waals surface area contributed by atoms with Crippen LogP contribution in [0.2, 0.25) is 0 Å². The van der Waals surface area contributed by atoms with Gasteiger partial charge >= 0.3 is 6.03 Å². The summed E-state index contributed by atoms with van der Waals surface area (Å²) in [5.74, 6) is -0.895. The molecule has 6 rings (SSSR count). The molecule has 0 bridgehead atoms. The summed E-state index contributed by atoms with van der Waals surface area (Å²) in [7, 11) is 1.72. The van der Waals surface area contributed by atoms with Crippen LogP contribution >= 0.6 is 11.8 Å². The molecule has 0 saturated heterocycles. The number of nitrogens with one attached hydrogen (secondary N) is 1.